The lowest BCUT2D eigenvalue weighted by Crippen LogP contribution is -1.85. The third-order valence-electron chi connectivity index (χ3n) is 1.15. The Hall–Kier alpha value is -0.410. The second kappa shape index (κ2) is 3.32. The highest BCUT2D eigenvalue weighted by Gasteiger charge is 2.05. The van der Waals surface area contributed by atoms with Crippen LogP contribution < -0.4 is 0 Å². The molecule has 4 heteroatoms. The molecule has 1 aromatic carbocycles. The van der Waals surface area contributed by atoms with Crippen LogP contribution in [0.4, 0.5) is 4.39 Å². The lowest BCUT2D eigenvalue weighted by Gasteiger charge is -1.98. The molecule has 0 N–H and O–H groups in total. The van der Waals surface area contributed by atoms with E-state index in [-0.39, 0.29) is 10.6 Å². The number of carbonyl (C=O) groups excluding carboxylic acids is 1. The molecule has 1 rings (SSSR count). The Bertz CT molecular complexity index is 301. The zero-order valence-electron chi connectivity index (χ0n) is 5.27. The van der Waals surface area contributed by atoms with E-state index in [1.165, 1.54) is 6.07 Å². The van der Waals surface area contributed by atoms with Gasteiger partial charge < -0.3 is 0 Å². The van der Waals surface area contributed by atoms with Crippen LogP contribution in [0.25, 0.3) is 0 Å². The molecule has 0 fully saturated rings. The van der Waals surface area contributed by atoms with E-state index >= 15 is 0 Å². The number of carbonyl (C=O) groups is 1. The second-order valence-corrected chi connectivity index (χ2v) is 3.14. The number of hydrogen-bond acceptors (Lipinski definition) is 1. The van der Waals surface area contributed by atoms with Crippen LogP contribution >= 0.6 is 27.5 Å². The number of rotatable bonds is 1. The van der Waals surface area contributed by atoms with Crippen molar-refractivity contribution >= 4 is 33.8 Å². The third-order valence-corrected chi connectivity index (χ3v) is 2.42. The van der Waals surface area contributed by atoms with Crippen LogP contribution in [0, 0.1) is 5.82 Å². The Morgan fingerprint density at radius 2 is 2.18 bits per heavy atom. The molecule has 11 heavy (non-hydrogen) atoms. The summed E-state index contributed by atoms with van der Waals surface area (Å²) in [5, 5.41) is 0.237. The molecule has 0 bridgehead atoms. The highest BCUT2D eigenvalue weighted by Crippen LogP contribution is 2.26. The van der Waals surface area contributed by atoms with Gasteiger partial charge in [-0.05, 0) is 28.1 Å². The van der Waals surface area contributed by atoms with E-state index in [0.29, 0.717) is 10.8 Å². The van der Waals surface area contributed by atoms with Crippen LogP contribution in [0.3, 0.4) is 0 Å². The number of hydrogen-bond donors (Lipinski definition) is 0. The summed E-state index contributed by atoms with van der Waals surface area (Å²) in [7, 11) is 0. The molecular weight excluding hydrogens is 234 g/mol. The summed E-state index contributed by atoms with van der Waals surface area (Å²) < 4.78 is 12.9. The highest BCUT2D eigenvalue weighted by atomic mass is 79.9. The summed E-state index contributed by atoms with van der Waals surface area (Å²) in [5.41, 5.74) is 0.151. The number of halogens is 3. The Balaban J connectivity index is 3.35. The van der Waals surface area contributed by atoms with Crippen LogP contribution in [0.5, 0.6) is 0 Å². The first-order valence-corrected chi connectivity index (χ1v) is 3.92. The molecule has 0 radical (unpaired) electrons. The minimum absolute atomic E-state index is 0.151. The van der Waals surface area contributed by atoms with Gasteiger partial charge in [-0.2, -0.15) is 0 Å². The average molecular weight is 237 g/mol. The molecule has 0 saturated heterocycles. The minimum Gasteiger partial charge on any atom is -0.298 e. The van der Waals surface area contributed by atoms with Gasteiger partial charge in [0, 0.05) is 10.0 Å². The van der Waals surface area contributed by atoms with E-state index in [9.17, 15) is 9.18 Å². The van der Waals surface area contributed by atoms with Crippen molar-refractivity contribution in [1.29, 1.82) is 0 Å². The van der Waals surface area contributed by atoms with Crippen molar-refractivity contribution in [3.05, 3.63) is 33.0 Å². The van der Waals surface area contributed by atoms with Crippen LogP contribution in [-0.4, -0.2) is 6.29 Å². The maximum Gasteiger partial charge on any atom is 0.151 e. The third kappa shape index (κ3) is 1.79. The van der Waals surface area contributed by atoms with Gasteiger partial charge in [0.25, 0.3) is 0 Å². The van der Waals surface area contributed by atoms with Crippen LogP contribution in [0.15, 0.2) is 16.6 Å². The van der Waals surface area contributed by atoms with Gasteiger partial charge in [0.2, 0.25) is 0 Å². The van der Waals surface area contributed by atoms with Crippen molar-refractivity contribution in [1.82, 2.24) is 0 Å². The van der Waals surface area contributed by atoms with Crippen LogP contribution in [0.1, 0.15) is 10.4 Å². The maximum atomic E-state index is 12.5. The topological polar surface area (TPSA) is 17.1 Å². The van der Waals surface area contributed by atoms with Crippen molar-refractivity contribution in [2.75, 3.05) is 0 Å². The summed E-state index contributed by atoms with van der Waals surface area (Å²) in [4.78, 5) is 10.3. The fraction of sp³-hybridized carbons (Fsp3) is 0. The number of aldehydes is 1. The summed E-state index contributed by atoms with van der Waals surface area (Å²) in [6, 6.07) is 2.29. The van der Waals surface area contributed by atoms with Crippen molar-refractivity contribution in [2.45, 2.75) is 0 Å². The lowest BCUT2D eigenvalue weighted by molar-refractivity contribution is 0.112. The van der Waals surface area contributed by atoms with E-state index in [0.717, 1.165) is 6.07 Å². The highest BCUT2D eigenvalue weighted by molar-refractivity contribution is 9.10. The fourth-order valence-electron chi connectivity index (χ4n) is 0.662. The van der Waals surface area contributed by atoms with Gasteiger partial charge in [-0.15, -0.1) is 0 Å². The minimum atomic E-state index is -0.483. The standard InChI is InChI=1S/C7H3BrClFO/c8-6-2-5(10)1-4(3-11)7(6)9/h1-3H. The molecule has 58 valence electrons. The van der Waals surface area contributed by atoms with Gasteiger partial charge in [0.05, 0.1) is 5.02 Å². The summed E-state index contributed by atoms with van der Waals surface area (Å²) in [5.74, 6) is -0.483. The summed E-state index contributed by atoms with van der Waals surface area (Å²) in [6.45, 7) is 0. The quantitative estimate of drug-likeness (QED) is 0.542. The van der Waals surface area contributed by atoms with E-state index in [1.807, 2.05) is 0 Å². The SMILES string of the molecule is O=Cc1cc(F)cc(Br)c1Cl. The Labute approximate surface area is 76.3 Å². The molecule has 0 atom stereocenters. The largest absolute Gasteiger partial charge is 0.298 e. The molecule has 0 amide bonds. The zero-order chi connectivity index (χ0) is 8.43. The van der Waals surface area contributed by atoms with E-state index in [1.54, 1.807) is 0 Å². The van der Waals surface area contributed by atoms with Gasteiger partial charge in [-0.25, -0.2) is 4.39 Å². The molecule has 1 nitrogen and oxygen atoms in total. The van der Waals surface area contributed by atoms with Crippen LogP contribution in [-0.2, 0) is 0 Å². The van der Waals surface area contributed by atoms with Crippen molar-refractivity contribution in [3.63, 3.8) is 0 Å². The molecule has 0 aromatic heterocycles. The normalized spacial score (nSPS) is 9.73. The van der Waals surface area contributed by atoms with Crippen molar-refractivity contribution in [3.8, 4) is 0 Å². The molecule has 0 aliphatic heterocycles. The van der Waals surface area contributed by atoms with Gasteiger partial charge in [0.15, 0.2) is 6.29 Å². The Kier molecular flexibility index (Phi) is 2.62. The fourth-order valence-corrected chi connectivity index (χ4v) is 1.26. The van der Waals surface area contributed by atoms with Gasteiger partial charge in [-0.3, -0.25) is 4.79 Å². The number of benzene rings is 1. The van der Waals surface area contributed by atoms with E-state index in [4.69, 9.17) is 11.6 Å². The monoisotopic (exact) mass is 236 g/mol. The van der Waals surface area contributed by atoms with Gasteiger partial charge in [0.1, 0.15) is 5.82 Å². The maximum absolute atomic E-state index is 12.5. The molecule has 0 aliphatic rings. The summed E-state index contributed by atoms with van der Waals surface area (Å²) in [6.07, 6.45) is 0.510. The van der Waals surface area contributed by atoms with E-state index < -0.39 is 5.82 Å². The van der Waals surface area contributed by atoms with Gasteiger partial charge in [-0.1, -0.05) is 11.6 Å². The first-order chi connectivity index (χ1) is 5.15. The Morgan fingerprint density at radius 1 is 1.55 bits per heavy atom. The first-order valence-electron chi connectivity index (χ1n) is 2.75. The predicted octanol–water partition coefficient (Wildman–Crippen LogP) is 3.05. The molecule has 0 spiro atoms. The second-order valence-electron chi connectivity index (χ2n) is 1.91. The van der Waals surface area contributed by atoms with Crippen molar-refractivity contribution < 1.29 is 9.18 Å². The zero-order valence-corrected chi connectivity index (χ0v) is 7.62. The predicted molar refractivity (Wildman–Crippen MR) is 44.5 cm³/mol. The molecular formula is C7H3BrClFO. The van der Waals surface area contributed by atoms with Gasteiger partial charge >= 0.3 is 0 Å². The lowest BCUT2D eigenvalue weighted by atomic mass is 10.2. The molecule has 0 aliphatic carbocycles. The Morgan fingerprint density at radius 3 is 2.73 bits per heavy atom. The van der Waals surface area contributed by atoms with E-state index in [2.05, 4.69) is 15.9 Å². The van der Waals surface area contributed by atoms with Crippen molar-refractivity contribution in [2.24, 2.45) is 0 Å². The summed E-state index contributed by atoms with van der Waals surface area (Å²) >= 11 is 8.63. The molecule has 0 heterocycles. The molecule has 0 unspecified atom stereocenters. The molecule has 1 aromatic rings. The molecule has 0 saturated carbocycles. The van der Waals surface area contributed by atoms with Crippen LogP contribution in [0.2, 0.25) is 5.02 Å². The average Bonchev–Trinajstić information content (AvgIpc) is 1.96. The first kappa shape index (κ1) is 8.68. The smallest absolute Gasteiger partial charge is 0.151 e.